The molecule has 1 aromatic rings. The SMILES string of the molecule is c1ccc(CNC2=NCCN2C2CC2)cc1. The van der Waals surface area contributed by atoms with Crippen LogP contribution < -0.4 is 5.32 Å². The highest BCUT2D eigenvalue weighted by Crippen LogP contribution is 2.27. The van der Waals surface area contributed by atoms with Crippen LogP contribution in [0.15, 0.2) is 35.3 Å². The van der Waals surface area contributed by atoms with Gasteiger partial charge in [0.15, 0.2) is 5.96 Å². The average molecular weight is 215 g/mol. The van der Waals surface area contributed by atoms with Crippen LogP contribution in [0.3, 0.4) is 0 Å². The second-order valence-electron chi connectivity index (χ2n) is 4.47. The summed E-state index contributed by atoms with van der Waals surface area (Å²) in [4.78, 5) is 6.94. The van der Waals surface area contributed by atoms with Crippen LogP contribution in [0.2, 0.25) is 0 Å². The Morgan fingerprint density at radius 1 is 1.25 bits per heavy atom. The molecular weight excluding hydrogens is 198 g/mol. The third-order valence-corrected chi connectivity index (χ3v) is 3.16. The van der Waals surface area contributed by atoms with Crippen LogP contribution in [0.5, 0.6) is 0 Å². The molecule has 1 saturated carbocycles. The maximum absolute atomic E-state index is 4.52. The number of nitrogens with one attached hydrogen (secondary N) is 1. The molecule has 1 N–H and O–H groups in total. The van der Waals surface area contributed by atoms with E-state index >= 15 is 0 Å². The summed E-state index contributed by atoms with van der Waals surface area (Å²) in [5, 5.41) is 3.45. The Hall–Kier alpha value is -1.51. The molecule has 0 spiro atoms. The molecule has 0 aromatic heterocycles. The van der Waals surface area contributed by atoms with Crippen molar-refractivity contribution in [2.24, 2.45) is 4.99 Å². The van der Waals surface area contributed by atoms with Crippen molar-refractivity contribution in [3.8, 4) is 0 Å². The summed E-state index contributed by atoms with van der Waals surface area (Å²) in [6, 6.07) is 11.3. The Morgan fingerprint density at radius 3 is 2.81 bits per heavy atom. The molecule has 1 aliphatic carbocycles. The first-order chi connectivity index (χ1) is 7.93. The van der Waals surface area contributed by atoms with Crippen LogP contribution in [0.25, 0.3) is 0 Å². The molecule has 0 bridgehead atoms. The smallest absolute Gasteiger partial charge is 0.194 e. The minimum absolute atomic E-state index is 0.768. The third kappa shape index (κ3) is 2.03. The highest BCUT2D eigenvalue weighted by molar-refractivity contribution is 5.82. The number of guanidine groups is 1. The lowest BCUT2D eigenvalue weighted by atomic mass is 10.2. The predicted octanol–water partition coefficient (Wildman–Crippen LogP) is 1.61. The Bertz CT molecular complexity index is 381. The lowest BCUT2D eigenvalue weighted by Gasteiger charge is -2.20. The van der Waals surface area contributed by atoms with E-state index in [9.17, 15) is 0 Å². The second kappa shape index (κ2) is 4.16. The minimum atomic E-state index is 0.768. The van der Waals surface area contributed by atoms with Crippen LogP contribution in [0.1, 0.15) is 18.4 Å². The largest absolute Gasteiger partial charge is 0.352 e. The van der Waals surface area contributed by atoms with Crippen LogP contribution in [0.4, 0.5) is 0 Å². The van der Waals surface area contributed by atoms with Crippen molar-refractivity contribution in [3.05, 3.63) is 35.9 Å². The fourth-order valence-electron chi connectivity index (χ4n) is 2.14. The van der Waals surface area contributed by atoms with Crippen molar-refractivity contribution in [2.45, 2.75) is 25.4 Å². The monoisotopic (exact) mass is 215 g/mol. The van der Waals surface area contributed by atoms with Crippen molar-refractivity contribution >= 4 is 5.96 Å². The molecule has 1 fully saturated rings. The van der Waals surface area contributed by atoms with Gasteiger partial charge in [-0.15, -0.1) is 0 Å². The molecule has 0 atom stereocenters. The van der Waals surface area contributed by atoms with Gasteiger partial charge in [0.05, 0.1) is 6.54 Å². The van der Waals surface area contributed by atoms with E-state index in [1.807, 2.05) is 6.07 Å². The zero-order chi connectivity index (χ0) is 10.8. The summed E-state index contributed by atoms with van der Waals surface area (Å²) in [7, 11) is 0. The van der Waals surface area contributed by atoms with Gasteiger partial charge in [0, 0.05) is 19.1 Å². The number of nitrogens with zero attached hydrogens (tertiary/aromatic N) is 2. The molecule has 1 aromatic carbocycles. The van der Waals surface area contributed by atoms with Crippen molar-refractivity contribution in [1.82, 2.24) is 10.2 Å². The van der Waals surface area contributed by atoms with Crippen molar-refractivity contribution in [1.29, 1.82) is 0 Å². The number of hydrogen-bond acceptors (Lipinski definition) is 3. The van der Waals surface area contributed by atoms with E-state index in [0.29, 0.717) is 0 Å². The maximum Gasteiger partial charge on any atom is 0.194 e. The van der Waals surface area contributed by atoms with Gasteiger partial charge in [-0.1, -0.05) is 30.3 Å². The summed E-state index contributed by atoms with van der Waals surface area (Å²) in [5.41, 5.74) is 1.31. The molecule has 0 saturated heterocycles. The number of rotatable bonds is 3. The fourth-order valence-corrected chi connectivity index (χ4v) is 2.14. The summed E-state index contributed by atoms with van der Waals surface area (Å²) in [5.74, 6) is 1.10. The van der Waals surface area contributed by atoms with E-state index in [-0.39, 0.29) is 0 Å². The predicted molar refractivity (Wildman–Crippen MR) is 65.3 cm³/mol. The van der Waals surface area contributed by atoms with E-state index < -0.39 is 0 Å². The quantitative estimate of drug-likeness (QED) is 0.829. The molecule has 0 radical (unpaired) electrons. The normalized spacial score (nSPS) is 19.8. The van der Waals surface area contributed by atoms with Crippen LogP contribution in [-0.2, 0) is 6.54 Å². The van der Waals surface area contributed by atoms with Crippen molar-refractivity contribution in [2.75, 3.05) is 13.1 Å². The highest BCUT2D eigenvalue weighted by atomic mass is 15.4. The van der Waals surface area contributed by atoms with Gasteiger partial charge < -0.3 is 10.2 Å². The summed E-state index contributed by atoms with van der Waals surface area (Å²) < 4.78 is 0. The summed E-state index contributed by atoms with van der Waals surface area (Å²) >= 11 is 0. The topological polar surface area (TPSA) is 27.6 Å². The first-order valence-electron chi connectivity index (χ1n) is 6.02. The highest BCUT2D eigenvalue weighted by Gasteiger charge is 2.32. The lowest BCUT2D eigenvalue weighted by molar-refractivity contribution is 0.433. The van der Waals surface area contributed by atoms with Gasteiger partial charge in [0.2, 0.25) is 0 Å². The Kier molecular flexibility index (Phi) is 2.52. The van der Waals surface area contributed by atoms with Gasteiger partial charge in [-0.2, -0.15) is 0 Å². The minimum Gasteiger partial charge on any atom is -0.352 e. The van der Waals surface area contributed by atoms with Crippen LogP contribution in [0, 0.1) is 0 Å². The Balaban J connectivity index is 1.58. The molecule has 3 nitrogen and oxygen atoms in total. The van der Waals surface area contributed by atoms with Gasteiger partial charge in [-0.05, 0) is 18.4 Å². The van der Waals surface area contributed by atoms with Crippen LogP contribution in [-0.4, -0.2) is 30.0 Å². The second-order valence-corrected chi connectivity index (χ2v) is 4.47. The molecular formula is C13H17N3. The standard InChI is InChI=1S/C13H17N3/c1-2-4-11(5-3-1)10-15-13-14-8-9-16(13)12-6-7-12/h1-5,12H,6-10H2,(H,14,15). The van der Waals surface area contributed by atoms with Gasteiger partial charge in [-0.25, -0.2) is 0 Å². The molecule has 1 heterocycles. The number of hydrogen-bond donors (Lipinski definition) is 1. The average Bonchev–Trinajstić information content (AvgIpc) is 3.07. The number of benzene rings is 1. The van der Waals surface area contributed by atoms with E-state index in [0.717, 1.165) is 31.6 Å². The molecule has 16 heavy (non-hydrogen) atoms. The van der Waals surface area contributed by atoms with Gasteiger partial charge >= 0.3 is 0 Å². The Labute approximate surface area is 96.2 Å². The fraction of sp³-hybridized carbons (Fsp3) is 0.462. The van der Waals surface area contributed by atoms with Crippen molar-refractivity contribution in [3.63, 3.8) is 0 Å². The van der Waals surface area contributed by atoms with E-state index in [4.69, 9.17) is 0 Å². The molecule has 0 unspecified atom stereocenters. The molecule has 84 valence electrons. The Morgan fingerprint density at radius 2 is 2.06 bits per heavy atom. The first kappa shape index (κ1) is 9.70. The van der Waals surface area contributed by atoms with Gasteiger partial charge in [-0.3, -0.25) is 4.99 Å². The molecule has 3 heteroatoms. The lowest BCUT2D eigenvalue weighted by Crippen LogP contribution is -2.39. The zero-order valence-electron chi connectivity index (χ0n) is 9.39. The van der Waals surface area contributed by atoms with Gasteiger partial charge in [0.25, 0.3) is 0 Å². The summed E-state index contributed by atoms with van der Waals surface area (Å²) in [6.07, 6.45) is 2.68. The third-order valence-electron chi connectivity index (χ3n) is 3.16. The zero-order valence-corrected chi connectivity index (χ0v) is 9.39. The van der Waals surface area contributed by atoms with E-state index in [1.54, 1.807) is 0 Å². The maximum atomic E-state index is 4.52. The molecule has 1 aliphatic heterocycles. The molecule has 2 aliphatic rings. The van der Waals surface area contributed by atoms with Crippen LogP contribution >= 0.6 is 0 Å². The molecule has 0 amide bonds. The van der Waals surface area contributed by atoms with E-state index in [1.165, 1.54) is 18.4 Å². The van der Waals surface area contributed by atoms with Gasteiger partial charge in [0.1, 0.15) is 0 Å². The van der Waals surface area contributed by atoms with Crippen molar-refractivity contribution < 1.29 is 0 Å². The first-order valence-corrected chi connectivity index (χ1v) is 6.02. The van der Waals surface area contributed by atoms with E-state index in [2.05, 4.69) is 39.5 Å². The number of aliphatic imine (C=N–C) groups is 1. The molecule has 3 rings (SSSR count). The summed E-state index contributed by atoms with van der Waals surface area (Å²) in [6.45, 7) is 2.93.